The fourth-order valence-corrected chi connectivity index (χ4v) is 2.43. The number of benzene rings is 1. The molecule has 0 aliphatic rings. The van der Waals surface area contributed by atoms with Gasteiger partial charge in [-0.2, -0.15) is 0 Å². The van der Waals surface area contributed by atoms with Gasteiger partial charge in [-0.05, 0) is 12.1 Å². The zero-order valence-corrected chi connectivity index (χ0v) is 10.0. The van der Waals surface area contributed by atoms with Gasteiger partial charge < -0.3 is 11.5 Å². The molecule has 4 N–H and O–H groups in total. The van der Waals surface area contributed by atoms with Gasteiger partial charge >= 0.3 is 0 Å². The number of hydrogen-bond acceptors (Lipinski definition) is 4. The van der Waals surface area contributed by atoms with Crippen LogP contribution in [0.25, 0.3) is 10.2 Å². The number of para-hydroxylation sites is 1. The molecule has 1 aromatic carbocycles. The maximum Gasteiger partial charge on any atom is 0.151 e. The standard InChI is InChI=1S/C9H7N3S3/c10-7(13)4-2-1-3-5-6(4)12-9(15-5)8(11)14/h1-3H,(H2,10,13)(H2,11,14). The molecule has 76 valence electrons. The summed E-state index contributed by atoms with van der Waals surface area (Å²) < 4.78 is 0.989. The van der Waals surface area contributed by atoms with E-state index in [-0.39, 0.29) is 0 Å². The van der Waals surface area contributed by atoms with Gasteiger partial charge in [-0.15, -0.1) is 11.3 Å². The van der Waals surface area contributed by atoms with Gasteiger partial charge in [0.05, 0.1) is 10.2 Å². The molecule has 0 fully saturated rings. The third kappa shape index (κ3) is 1.83. The minimum absolute atomic E-state index is 0.296. The first-order chi connectivity index (χ1) is 7.09. The fraction of sp³-hybridized carbons (Fsp3) is 0. The van der Waals surface area contributed by atoms with E-state index in [9.17, 15) is 0 Å². The van der Waals surface area contributed by atoms with Crippen molar-refractivity contribution in [1.29, 1.82) is 0 Å². The molecule has 0 amide bonds. The van der Waals surface area contributed by atoms with Crippen molar-refractivity contribution >= 4 is 56.0 Å². The van der Waals surface area contributed by atoms with E-state index in [2.05, 4.69) is 4.98 Å². The van der Waals surface area contributed by atoms with E-state index in [1.54, 1.807) is 0 Å². The number of nitrogens with zero attached hydrogens (tertiary/aromatic N) is 1. The van der Waals surface area contributed by atoms with Gasteiger partial charge in [-0.1, -0.05) is 30.5 Å². The summed E-state index contributed by atoms with van der Waals surface area (Å²) >= 11 is 11.3. The number of nitrogens with two attached hydrogens (primary N) is 2. The zero-order valence-electron chi connectivity index (χ0n) is 7.56. The van der Waals surface area contributed by atoms with Crippen LogP contribution in [0.3, 0.4) is 0 Å². The summed E-state index contributed by atoms with van der Waals surface area (Å²) in [5.41, 5.74) is 12.7. The minimum atomic E-state index is 0.296. The zero-order chi connectivity index (χ0) is 11.0. The van der Waals surface area contributed by atoms with Crippen molar-refractivity contribution in [3.63, 3.8) is 0 Å². The van der Waals surface area contributed by atoms with Gasteiger partial charge in [0.15, 0.2) is 5.01 Å². The maximum absolute atomic E-state index is 5.60. The molecule has 6 heteroatoms. The highest BCUT2D eigenvalue weighted by Crippen LogP contribution is 2.24. The van der Waals surface area contributed by atoms with Crippen LogP contribution in [0.15, 0.2) is 18.2 Å². The molecule has 1 heterocycles. The average molecular weight is 253 g/mol. The number of hydrogen-bond donors (Lipinski definition) is 2. The lowest BCUT2D eigenvalue weighted by molar-refractivity contribution is 1.44. The maximum atomic E-state index is 5.60. The number of thiazole rings is 1. The smallest absolute Gasteiger partial charge is 0.151 e. The summed E-state index contributed by atoms with van der Waals surface area (Å²) in [4.78, 5) is 4.95. The van der Waals surface area contributed by atoms with Crippen molar-refractivity contribution < 1.29 is 0 Å². The highest BCUT2D eigenvalue weighted by Gasteiger charge is 2.10. The lowest BCUT2D eigenvalue weighted by Gasteiger charge is -1.97. The first-order valence-electron chi connectivity index (χ1n) is 4.09. The van der Waals surface area contributed by atoms with Crippen molar-refractivity contribution in [3.8, 4) is 0 Å². The Labute approximate surface area is 101 Å². The summed E-state index contributed by atoms with van der Waals surface area (Å²) in [5.74, 6) is 0. The molecule has 0 radical (unpaired) electrons. The minimum Gasteiger partial charge on any atom is -0.389 e. The molecule has 0 saturated carbocycles. The van der Waals surface area contributed by atoms with Crippen LogP contribution < -0.4 is 11.5 Å². The average Bonchev–Trinajstić information content (AvgIpc) is 2.60. The molecule has 0 unspecified atom stereocenters. The number of rotatable bonds is 2. The van der Waals surface area contributed by atoms with Crippen molar-refractivity contribution in [1.82, 2.24) is 4.98 Å². The Balaban J connectivity index is 2.75. The Morgan fingerprint density at radius 1 is 1.20 bits per heavy atom. The van der Waals surface area contributed by atoms with Crippen LogP contribution in [0.5, 0.6) is 0 Å². The number of thiocarbonyl (C=S) groups is 2. The molecular weight excluding hydrogens is 246 g/mol. The Morgan fingerprint density at radius 2 is 1.93 bits per heavy atom. The van der Waals surface area contributed by atoms with Gasteiger partial charge in [0.2, 0.25) is 0 Å². The van der Waals surface area contributed by atoms with E-state index in [0.717, 1.165) is 15.8 Å². The molecule has 1 aromatic heterocycles. The molecule has 15 heavy (non-hydrogen) atoms. The highest BCUT2D eigenvalue weighted by molar-refractivity contribution is 7.81. The summed E-state index contributed by atoms with van der Waals surface area (Å²) in [6, 6.07) is 5.67. The molecule has 0 saturated heterocycles. The summed E-state index contributed by atoms with van der Waals surface area (Å²) in [6.07, 6.45) is 0. The van der Waals surface area contributed by atoms with Crippen LogP contribution in [-0.2, 0) is 0 Å². The summed E-state index contributed by atoms with van der Waals surface area (Å²) in [6.45, 7) is 0. The third-order valence-electron chi connectivity index (χ3n) is 1.90. The normalized spacial score (nSPS) is 10.4. The van der Waals surface area contributed by atoms with Crippen molar-refractivity contribution in [2.24, 2.45) is 11.5 Å². The fourth-order valence-electron chi connectivity index (χ4n) is 1.25. The number of fused-ring (bicyclic) bond motifs is 1. The summed E-state index contributed by atoms with van der Waals surface area (Å²) in [7, 11) is 0. The Morgan fingerprint density at radius 3 is 2.53 bits per heavy atom. The van der Waals surface area contributed by atoms with E-state index >= 15 is 0 Å². The predicted molar refractivity (Wildman–Crippen MR) is 71.4 cm³/mol. The molecule has 2 aromatic rings. The summed E-state index contributed by atoms with van der Waals surface area (Å²) in [5, 5.41) is 0.642. The van der Waals surface area contributed by atoms with Gasteiger partial charge in [0.1, 0.15) is 9.98 Å². The quantitative estimate of drug-likeness (QED) is 0.795. The Hall–Kier alpha value is -1.11. The van der Waals surface area contributed by atoms with Crippen LogP contribution in [0.4, 0.5) is 0 Å². The van der Waals surface area contributed by atoms with E-state index in [4.69, 9.17) is 35.9 Å². The first kappa shape index (κ1) is 10.4. The van der Waals surface area contributed by atoms with Gasteiger partial charge in [0, 0.05) is 5.56 Å². The lowest BCUT2D eigenvalue weighted by atomic mass is 10.2. The molecule has 0 atom stereocenters. The monoisotopic (exact) mass is 253 g/mol. The molecular formula is C9H7N3S3. The van der Waals surface area contributed by atoms with E-state index < -0.39 is 0 Å². The largest absolute Gasteiger partial charge is 0.389 e. The van der Waals surface area contributed by atoms with Crippen LogP contribution in [0.2, 0.25) is 0 Å². The molecule has 3 nitrogen and oxygen atoms in total. The third-order valence-corrected chi connectivity index (χ3v) is 3.49. The van der Waals surface area contributed by atoms with E-state index in [1.807, 2.05) is 18.2 Å². The van der Waals surface area contributed by atoms with Gasteiger partial charge in [-0.3, -0.25) is 0 Å². The molecule has 0 spiro atoms. The Bertz CT molecular complexity index is 559. The van der Waals surface area contributed by atoms with Gasteiger partial charge in [-0.25, -0.2) is 4.98 Å². The van der Waals surface area contributed by atoms with Crippen molar-refractivity contribution in [2.75, 3.05) is 0 Å². The first-order valence-corrected chi connectivity index (χ1v) is 5.72. The molecule has 0 bridgehead atoms. The topological polar surface area (TPSA) is 64.9 Å². The van der Waals surface area contributed by atoms with Crippen molar-refractivity contribution in [3.05, 3.63) is 28.8 Å². The van der Waals surface area contributed by atoms with Gasteiger partial charge in [0.25, 0.3) is 0 Å². The van der Waals surface area contributed by atoms with Crippen LogP contribution in [0.1, 0.15) is 10.6 Å². The predicted octanol–water partition coefficient (Wildman–Crippen LogP) is 1.56. The van der Waals surface area contributed by atoms with E-state index in [1.165, 1.54) is 11.3 Å². The highest BCUT2D eigenvalue weighted by atomic mass is 32.1. The SMILES string of the molecule is NC(=S)c1nc2c(C(N)=S)cccc2s1. The second kappa shape index (κ2) is 3.80. The second-order valence-corrected chi connectivity index (χ2v) is 4.81. The molecule has 0 aliphatic carbocycles. The molecule has 0 aliphatic heterocycles. The Kier molecular flexibility index (Phi) is 2.64. The number of aromatic nitrogens is 1. The van der Waals surface area contributed by atoms with Crippen LogP contribution in [0, 0.1) is 0 Å². The van der Waals surface area contributed by atoms with Crippen LogP contribution >= 0.6 is 35.8 Å². The lowest BCUT2D eigenvalue weighted by Crippen LogP contribution is -2.11. The molecule has 2 rings (SSSR count). The van der Waals surface area contributed by atoms with Crippen molar-refractivity contribution in [2.45, 2.75) is 0 Å². The second-order valence-electron chi connectivity index (χ2n) is 2.90. The van der Waals surface area contributed by atoms with Crippen LogP contribution in [-0.4, -0.2) is 15.0 Å². The van der Waals surface area contributed by atoms with E-state index in [0.29, 0.717) is 15.0 Å².